The molecule has 1 aliphatic rings. The first-order valence-corrected chi connectivity index (χ1v) is 8.11. The predicted molar refractivity (Wildman–Crippen MR) is 92.3 cm³/mol. The molecule has 116 valence electrons. The van der Waals surface area contributed by atoms with Gasteiger partial charge in [0.2, 0.25) is 0 Å². The molecule has 0 amide bonds. The zero-order chi connectivity index (χ0) is 15.8. The van der Waals surface area contributed by atoms with Gasteiger partial charge in [-0.25, -0.2) is 0 Å². The minimum absolute atomic E-state index is 0.0928. The lowest BCUT2D eigenvalue weighted by Crippen LogP contribution is -2.27. The number of nitrogens with zero attached hydrogens (tertiary/aromatic N) is 2. The summed E-state index contributed by atoms with van der Waals surface area (Å²) < 4.78 is 1.74. The van der Waals surface area contributed by atoms with Crippen LogP contribution >= 0.6 is 11.6 Å². The Morgan fingerprint density at radius 3 is 2.91 bits per heavy atom. The lowest BCUT2D eigenvalue weighted by atomic mass is 10.1. The molecule has 3 aromatic rings. The van der Waals surface area contributed by atoms with E-state index in [1.54, 1.807) is 23.0 Å². The molecule has 5 heteroatoms. The maximum absolute atomic E-state index is 13.2. The van der Waals surface area contributed by atoms with Gasteiger partial charge in [0.15, 0.2) is 0 Å². The van der Waals surface area contributed by atoms with E-state index in [2.05, 4.69) is 16.4 Å². The first-order chi connectivity index (χ1) is 11.3. The Balaban J connectivity index is 2.08. The van der Waals surface area contributed by atoms with Crippen LogP contribution in [0.2, 0.25) is 5.02 Å². The summed E-state index contributed by atoms with van der Waals surface area (Å²) in [5.74, 6) is 0. The fourth-order valence-electron chi connectivity index (χ4n) is 3.29. The highest BCUT2D eigenvalue weighted by Crippen LogP contribution is 2.28. The number of hydrogen-bond donors (Lipinski definition) is 1. The van der Waals surface area contributed by atoms with Gasteiger partial charge in [0.05, 0.1) is 22.3 Å². The van der Waals surface area contributed by atoms with Crippen molar-refractivity contribution in [2.75, 3.05) is 6.54 Å². The molecule has 0 spiro atoms. The third-order valence-electron chi connectivity index (χ3n) is 4.35. The van der Waals surface area contributed by atoms with Crippen LogP contribution in [0.25, 0.3) is 16.5 Å². The monoisotopic (exact) mass is 325 g/mol. The molecular formula is C18H16ClN3O. The summed E-state index contributed by atoms with van der Waals surface area (Å²) >= 11 is 6.29. The topological polar surface area (TPSA) is 46.9 Å². The molecule has 2 aromatic heterocycles. The lowest BCUT2D eigenvalue weighted by molar-refractivity contribution is 0.607. The number of hydrogen-bond acceptors (Lipinski definition) is 3. The van der Waals surface area contributed by atoms with Crippen LogP contribution in [0.4, 0.5) is 0 Å². The van der Waals surface area contributed by atoms with E-state index in [0.29, 0.717) is 10.4 Å². The van der Waals surface area contributed by atoms with Crippen molar-refractivity contribution in [1.82, 2.24) is 14.9 Å². The van der Waals surface area contributed by atoms with E-state index >= 15 is 0 Å². The summed E-state index contributed by atoms with van der Waals surface area (Å²) in [6, 6.07) is 11.6. The van der Waals surface area contributed by atoms with Crippen molar-refractivity contribution in [3.8, 4) is 5.69 Å². The quantitative estimate of drug-likeness (QED) is 0.785. The largest absolute Gasteiger partial charge is 0.309 e. The number of rotatable bonds is 2. The van der Waals surface area contributed by atoms with Crippen LogP contribution in [0.15, 0.2) is 53.6 Å². The van der Waals surface area contributed by atoms with Crippen molar-refractivity contribution in [3.63, 3.8) is 0 Å². The Hall–Kier alpha value is -2.17. The molecule has 23 heavy (non-hydrogen) atoms. The normalized spacial score (nSPS) is 17.7. The summed E-state index contributed by atoms with van der Waals surface area (Å²) in [5, 5.41) is 5.40. The minimum atomic E-state index is -0.0928. The zero-order valence-corrected chi connectivity index (χ0v) is 13.3. The van der Waals surface area contributed by atoms with Gasteiger partial charge < -0.3 is 5.32 Å². The van der Waals surface area contributed by atoms with E-state index in [1.807, 2.05) is 24.3 Å². The molecule has 0 bridgehead atoms. The van der Waals surface area contributed by atoms with Gasteiger partial charge >= 0.3 is 0 Å². The summed E-state index contributed by atoms with van der Waals surface area (Å²) in [7, 11) is 0. The van der Waals surface area contributed by atoms with E-state index in [0.717, 1.165) is 36.2 Å². The van der Waals surface area contributed by atoms with Gasteiger partial charge in [-0.05, 0) is 49.0 Å². The van der Waals surface area contributed by atoms with Crippen molar-refractivity contribution in [2.24, 2.45) is 0 Å². The van der Waals surface area contributed by atoms with Crippen molar-refractivity contribution < 1.29 is 0 Å². The Labute approximate surface area is 138 Å². The third kappa shape index (κ3) is 2.44. The molecule has 1 saturated heterocycles. The van der Waals surface area contributed by atoms with E-state index < -0.39 is 0 Å². The van der Waals surface area contributed by atoms with E-state index in [1.165, 1.54) is 0 Å². The van der Waals surface area contributed by atoms with Crippen LogP contribution < -0.4 is 10.9 Å². The lowest BCUT2D eigenvalue weighted by Gasteiger charge is -2.19. The molecule has 1 N–H and O–H groups in total. The molecule has 0 aliphatic carbocycles. The Morgan fingerprint density at radius 2 is 2.17 bits per heavy atom. The number of benzene rings is 1. The zero-order valence-electron chi connectivity index (χ0n) is 12.5. The number of halogens is 1. The van der Waals surface area contributed by atoms with Crippen molar-refractivity contribution in [1.29, 1.82) is 0 Å². The Kier molecular flexibility index (Phi) is 3.63. The average molecular weight is 326 g/mol. The minimum Gasteiger partial charge on any atom is -0.309 e. The molecule has 0 saturated carbocycles. The second kappa shape index (κ2) is 5.80. The van der Waals surface area contributed by atoms with Crippen LogP contribution in [0.5, 0.6) is 0 Å². The van der Waals surface area contributed by atoms with E-state index in [4.69, 9.17) is 11.6 Å². The van der Waals surface area contributed by atoms with Gasteiger partial charge in [0, 0.05) is 17.9 Å². The van der Waals surface area contributed by atoms with Crippen LogP contribution in [0.1, 0.15) is 24.6 Å². The fraction of sp³-hybridized carbons (Fsp3) is 0.222. The molecule has 1 fully saturated rings. The first-order valence-electron chi connectivity index (χ1n) is 7.73. The molecule has 1 aromatic carbocycles. The number of nitrogens with one attached hydrogen (secondary N) is 1. The summed E-state index contributed by atoms with van der Waals surface area (Å²) in [6.07, 6.45) is 5.55. The maximum atomic E-state index is 13.2. The third-order valence-corrected chi connectivity index (χ3v) is 4.66. The molecule has 0 radical (unpaired) electrons. The highest BCUT2D eigenvalue weighted by molar-refractivity contribution is 6.35. The molecule has 1 aliphatic heterocycles. The Morgan fingerprint density at radius 1 is 1.26 bits per heavy atom. The standard InChI is InChI=1S/C18H16ClN3O/c19-14-6-1-4-12-10-16(15-7-3-9-21-15)22(18(23)17(12)14)13-5-2-8-20-11-13/h1-2,4-6,8,10-11,15,21H,3,7,9H2/t15-/m0/s1. The average Bonchev–Trinajstić information content (AvgIpc) is 3.09. The highest BCUT2D eigenvalue weighted by atomic mass is 35.5. The molecule has 3 heterocycles. The summed E-state index contributed by atoms with van der Waals surface area (Å²) in [5.41, 5.74) is 1.64. The SMILES string of the molecule is O=c1c2c(Cl)cccc2cc([C@@H]2CCCN2)n1-c1cccnc1. The second-order valence-electron chi connectivity index (χ2n) is 5.77. The van der Waals surface area contributed by atoms with Gasteiger partial charge in [-0.3, -0.25) is 14.3 Å². The first kappa shape index (κ1) is 14.4. The van der Waals surface area contributed by atoms with Crippen LogP contribution in [-0.4, -0.2) is 16.1 Å². The van der Waals surface area contributed by atoms with Crippen molar-refractivity contribution in [2.45, 2.75) is 18.9 Å². The molecule has 4 rings (SSSR count). The van der Waals surface area contributed by atoms with Gasteiger partial charge in [0.1, 0.15) is 0 Å². The Bertz CT molecular complexity index is 915. The number of fused-ring (bicyclic) bond motifs is 1. The molecular weight excluding hydrogens is 310 g/mol. The fourth-order valence-corrected chi connectivity index (χ4v) is 3.55. The maximum Gasteiger partial charge on any atom is 0.264 e. The number of pyridine rings is 2. The molecule has 1 atom stereocenters. The summed E-state index contributed by atoms with van der Waals surface area (Å²) in [4.78, 5) is 17.3. The summed E-state index contributed by atoms with van der Waals surface area (Å²) in [6.45, 7) is 0.972. The van der Waals surface area contributed by atoms with E-state index in [-0.39, 0.29) is 11.6 Å². The van der Waals surface area contributed by atoms with Crippen molar-refractivity contribution in [3.05, 3.63) is 69.9 Å². The van der Waals surface area contributed by atoms with Crippen LogP contribution in [-0.2, 0) is 0 Å². The van der Waals surface area contributed by atoms with Gasteiger partial charge in [0.25, 0.3) is 5.56 Å². The van der Waals surface area contributed by atoms with Gasteiger partial charge in [-0.1, -0.05) is 23.7 Å². The van der Waals surface area contributed by atoms with Gasteiger partial charge in [-0.2, -0.15) is 0 Å². The van der Waals surface area contributed by atoms with Gasteiger partial charge in [-0.15, -0.1) is 0 Å². The molecule has 4 nitrogen and oxygen atoms in total. The van der Waals surface area contributed by atoms with Crippen LogP contribution in [0, 0.1) is 0 Å². The van der Waals surface area contributed by atoms with Crippen molar-refractivity contribution >= 4 is 22.4 Å². The van der Waals surface area contributed by atoms with E-state index in [9.17, 15) is 4.79 Å². The predicted octanol–water partition coefficient (Wildman–Crippen LogP) is 3.46. The number of aromatic nitrogens is 2. The van der Waals surface area contributed by atoms with Crippen LogP contribution in [0.3, 0.4) is 0 Å². The second-order valence-corrected chi connectivity index (χ2v) is 6.18. The highest BCUT2D eigenvalue weighted by Gasteiger charge is 2.22. The smallest absolute Gasteiger partial charge is 0.264 e. The molecule has 0 unspecified atom stereocenters.